The van der Waals surface area contributed by atoms with E-state index in [0.717, 1.165) is 9.88 Å². The van der Waals surface area contributed by atoms with Gasteiger partial charge in [-0.2, -0.15) is 0 Å². The Labute approximate surface area is 194 Å². The molecule has 0 saturated heterocycles. The molecule has 2 N–H and O–H groups in total. The van der Waals surface area contributed by atoms with Crippen molar-refractivity contribution in [1.82, 2.24) is 4.31 Å². The number of nitrogens with zero attached hydrogens (tertiary/aromatic N) is 1. The van der Waals surface area contributed by atoms with Crippen LogP contribution in [0.5, 0.6) is 0 Å². The summed E-state index contributed by atoms with van der Waals surface area (Å²) in [6.07, 6.45) is 0. The largest absolute Gasteiger partial charge is 0.344 e. The van der Waals surface area contributed by atoms with Gasteiger partial charge in [0.05, 0.1) is 5.41 Å². The number of urea groups is 2. The van der Waals surface area contributed by atoms with Crippen molar-refractivity contribution in [3.05, 3.63) is 100 Å². The zero-order valence-electron chi connectivity index (χ0n) is 17.0. The molecule has 0 aliphatic rings. The number of hydrogen-bond donors (Lipinski definition) is 2. The predicted molar refractivity (Wildman–Crippen MR) is 129 cm³/mol. The number of nitrogens with one attached hydrogen (secondary N) is 2. The number of carbonyl (C=O) groups excluding carboxylic acids is 2. The lowest BCUT2D eigenvalue weighted by Gasteiger charge is -2.20. The molecule has 3 aromatic carbocycles. The molecule has 0 aliphatic heterocycles. The van der Waals surface area contributed by atoms with Crippen LogP contribution in [0.15, 0.2) is 94.8 Å². The summed E-state index contributed by atoms with van der Waals surface area (Å²) in [4.78, 5) is 25.8. The van der Waals surface area contributed by atoms with Gasteiger partial charge in [-0.25, -0.2) is 18.0 Å². The van der Waals surface area contributed by atoms with Gasteiger partial charge in [0.25, 0.3) is 10.0 Å². The minimum atomic E-state index is -4.49. The lowest BCUT2D eigenvalue weighted by molar-refractivity contribution is 0.223. The van der Waals surface area contributed by atoms with Crippen molar-refractivity contribution in [2.24, 2.45) is 0 Å². The molecule has 32 heavy (non-hydrogen) atoms. The Morgan fingerprint density at radius 3 is 1.78 bits per heavy atom. The zero-order valence-corrected chi connectivity index (χ0v) is 19.4. The molecule has 164 valence electrons. The van der Waals surface area contributed by atoms with Crippen LogP contribution < -0.4 is 10.6 Å². The lowest BCUT2D eigenvalue weighted by Crippen LogP contribution is -2.45. The fourth-order valence-electron chi connectivity index (χ4n) is 2.79. The molecule has 3 aromatic rings. The van der Waals surface area contributed by atoms with Gasteiger partial charge >= 0.3 is 12.1 Å². The van der Waals surface area contributed by atoms with Crippen molar-refractivity contribution >= 4 is 55.0 Å². The third-order valence-corrected chi connectivity index (χ3v) is 6.26. The fraction of sp³-hybridized carbons (Fsp3) is 0.0435. The first-order valence-corrected chi connectivity index (χ1v) is 11.8. The summed E-state index contributed by atoms with van der Waals surface area (Å²) in [5.74, 6) is 0. The number of halogens is 1. The van der Waals surface area contributed by atoms with Crippen LogP contribution in [0.2, 0.25) is 0 Å². The Morgan fingerprint density at radius 1 is 0.812 bits per heavy atom. The van der Waals surface area contributed by atoms with Crippen LogP contribution >= 0.6 is 15.9 Å². The summed E-state index contributed by atoms with van der Waals surface area (Å²) < 4.78 is 27.3. The molecule has 0 fully saturated rings. The maximum Gasteiger partial charge on any atom is 0.344 e. The highest BCUT2D eigenvalue weighted by atomic mass is 79.9. The maximum atomic E-state index is 13.2. The number of benzene rings is 3. The van der Waals surface area contributed by atoms with Crippen LogP contribution in [0, 0.1) is 0 Å². The van der Waals surface area contributed by atoms with Crippen molar-refractivity contribution in [1.29, 1.82) is 0 Å². The summed E-state index contributed by atoms with van der Waals surface area (Å²) in [5, 5.41) is 5.79. The summed E-state index contributed by atoms with van der Waals surface area (Å²) in [7, 11) is -4.49. The average molecular weight is 514 g/mol. The zero-order chi connectivity index (χ0) is 23.1. The average Bonchev–Trinajstić information content (AvgIpc) is 2.74. The van der Waals surface area contributed by atoms with Gasteiger partial charge in [0, 0.05) is 15.8 Å². The van der Waals surface area contributed by atoms with Gasteiger partial charge in [0.1, 0.15) is 0 Å². The van der Waals surface area contributed by atoms with E-state index in [1.165, 1.54) is 0 Å². The summed E-state index contributed by atoms with van der Waals surface area (Å²) in [6, 6.07) is 21.3. The Balaban J connectivity index is 1.96. The molecule has 0 aliphatic carbocycles. The summed E-state index contributed by atoms with van der Waals surface area (Å²) >= 11 is 3.34. The molecule has 7 nitrogen and oxygen atoms in total. The van der Waals surface area contributed by atoms with Crippen molar-refractivity contribution in [2.45, 2.75) is 6.92 Å². The van der Waals surface area contributed by atoms with Gasteiger partial charge in [-0.1, -0.05) is 64.5 Å². The van der Waals surface area contributed by atoms with Gasteiger partial charge in [0.2, 0.25) is 0 Å². The van der Waals surface area contributed by atoms with Gasteiger partial charge < -0.3 is 10.6 Å². The number of amides is 4. The van der Waals surface area contributed by atoms with Crippen LogP contribution in [0.1, 0.15) is 12.5 Å². The Bertz CT molecular complexity index is 1190. The Kier molecular flexibility index (Phi) is 7.45. The number of anilines is 2. The molecule has 0 spiro atoms. The molecule has 4 amide bonds. The third kappa shape index (κ3) is 6.05. The van der Waals surface area contributed by atoms with Gasteiger partial charge in [0.15, 0.2) is 0 Å². The molecule has 9 heteroatoms. The number of sulfonamides is 1. The van der Waals surface area contributed by atoms with E-state index >= 15 is 0 Å². The van der Waals surface area contributed by atoms with Gasteiger partial charge in [-0.05, 0) is 54.5 Å². The number of allylic oxidation sites excluding steroid dienone is 1. The topological polar surface area (TPSA) is 95.6 Å². The normalized spacial score (nSPS) is 11.5. The van der Waals surface area contributed by atoms with Crippen LogP contribution in [0.25, 0.3) is 5.57 Å². The fourth-order valence-corrected chi connectivity index (χ4v) is 4.43. The lowest BCUT2D eigenvalue weighted by atomic mass is 10.1. The molecule has 0 bridgehead atoms. The van der Waals surface area contributed by atoms with E-state index in [4.69, 9.17) is 0 Å². The molecule has 3 rings (SSSR count). The van der Waals surface area contributed by atoms with E-state index in [0.29, 0.717) is 22.5 Å². The first-order valence-electron chi connectivity index (χ1n) is 9.48. The molecule has 0 aromatic heterocycles. The molecular weight excluding hydrogens is 494 g/mol. The second kappa shape index (κ2) is 10.3. The van der Waals surface area contributed by atoms with Crippen molar-refractivity contribution in [3.8, 4) is 0 Å². The second-order valence-corrected chi connectivity index (χ2v) is 9.26. The first kappa shape index (κ1) is 23.2. The molecule has 0 saturated carbocycles. The molecule has 0 radical (unpaired) electrons. The van der Waals surface area contributed by atoms with Crippen LogP contribution in [-0.4, -0.2) is 24.8 Å². The van der Waals surface area contributed by atoms with Crippen LogP contribution in [-0.2, 0) is 10.0 Å². The number of imide groups is 1. The minimum absolute atomic E-state index is 0.175. The monoisotopic (exact) mass is 513 g/mol. The van der Waals surface area contributed by atoms with Gasteiger partial charge in [-0.3, -0.25) is 0 Å². The third-order valence-electron chi connectivity index (χ3n) is 4.28. The van der Waals surface area contributed by atoms with Crippen molar-refractivity contribution in [3.63, 3.8) is 0 Å². The molecule has 0 heterocycles. The first-order chi connectivity index (χ1) is 15.3. The molecular formula is C23H20BrN3O4S. The quantitative estimate of drug-likeness (QED) is 0.443. The highest BCUT2D eigenvalue weighted by molar-refractivity contribution is 9.10. The van der Waals surface area contributed by atoms with Crippen molar-refractivity contribution < 1.29 is 18.0 Å². The smallest absolute Gasteiger partial charge is 0.307 e. The van der Waals surface area contributed by atoms with Crippen LogP contribution in [0.4, 0.5) is 21.0 Å². The SMILES string of the molecule is C/C(=C\S(=O)(=O)N(C(=O)Nc1ccccc1)C(=O)Nc1ccccc1)c1cccc(Br)c1. The standard InChI is InChI=1S/C23H20BrN3O4S/c1-17(18-9-8-10-19(24)15-18)16-32(30,31)27(22(28)25-20-11-4-2-5-12-20)23(29)26-21-13-6-3-7-14-21/h2-16H,1H3,(H,25,28)(H,26,29)/b17-16+. The summed E-state index contributed by atoms with van der Waals surface area (Å²) in [5.41, 5.74) is 1.67. The van der Waals surface area contributed by atoms with Gasteiger partial charge in [-0.15, -0.1) is 4.31 Å². The molecule has 0 unspecified atom stereocenters. The van der Waals surface area contributed by atoms with E-state index in [-0.39, 0.29) is 4.31 Å². The van der Waals surface area contributed by atoms with E-state index in [1.807, 2.05) is 0 Å². The van der Waals surface area contributed by atoms with E-state index in [1.54, 1.807) is 91.9 Å². The maximum absolute atomic E-state index is 13.2. The highest BCUT2D eigenvalue weighted by Crippen LogP contribution is 2.22. The van der Waals surface area contributed by atoms with E-state index in [2.05, 4.69) is 26.6 Å². The number of hydrogen-bond acceptors (Lipinski definition) is 4. The predicted octanol–water partition coefficient (Wildman–Crippen LogP) is 5.91. The molecule has 0 atom stereocenters. The van der Waals surface area contributed by atoms with Crippen LogP contribution in [0.3, 0.4) is 0 Å². The Hall–Kier alpha value is -3.43. The second-order valence-electron chi connectivity index (χ2n) is 6.71. The Morgan fingerprint density at radius 2 is 1.31 bits per heavy atom. The summed E-state index contributed by atoms with van der Waals surface area (Å²) in [6.45, 7) is 1.59. The number of para-hydroxylation sites is 2. The number of carbonyl (C=O) groups is 2. The van der Waals surface area contributed by atoms with E-state index in [9.17, 15) is 18.0 Å². The van der Waals surface area contributed by atoms with E-state index < -0.39 is 22.1 Å². The highest BCUT2D eigenvalue weighted by Gasteiger charge is 2.33. The number of rotatable bonds is 5. The minimum Gasteiger partial charge on any atom is -0.307 e. The van der Waals surface area contributed by atoms with Crippen molar-refractivity contribution in [2.75, 3.05) is 10.6 Å².